The first kappa shape index (κ1) is 10.5. The van der Waals surface area contributed by atoms with Crippen molar-refractivity contribution in [2.75, 3.05) is 0 Å². The molecule has 1 aliphatic rings. The first-order valence-electron chi connectivity index (χ1n) is 6.14. The van der Waals surface area contributed by atoms with Crippen LogP contribution in [-0.4, -0.2) is 4.98 Å². The fraction of sp³-hybridized carbons (Fsp3) is 0.312. The minimum absolute atomic E-state index is 0.118. The van der Waals surface area contributed by atoms with Crippen LogP contribution in [0.2, 0.25) is 0 Å². The van der Waals surface area contributed by atoms with Crippen LogP contribution in [0.1, 0.15) is 37.6 Å². The van der Waals surface area contributed by atoms with Gasteiger partial charge in [0.05, 0.1) is 5.69 Å². The summed E-state index contributed by atoms with van der Waals surface area (Å²) in [5, 5.41) is 0. The van der Waals surface area contributed by atoms with Crippen LogP contribution in [-0.2, 0) is 11.8 Å². The molecule has 0 saturated heterocycles. The molecule has 1 heterocycles. The van der Waals surface area contributed by atoms with Crippen LogP contribution in [0, 0.1) is 0 Å². The molecule has 1 aliphatic carbocycles. The molecule has 1 aromatic heterocycles. The van der Waals surface area contributed by atoms with E-state index in [1.54, 1.807) is 0 Å². The van der Waals surface area contributed by atoms with Crippen molar-refractivity contribution in [2.45, 2.75) is 32.6 Å². The maximum absolute atomic E-state index is 4.87. The predicted octanol–water partition coefficient (Wildman–Crippen LogP) is 3.95. The van der Waals surface area contributed by atoms with Gasteiger partial charge in [-0.15, -0.1) is 0 Å². The van der Waals surface area contributed by atoms with Crippen molar-refractivity contribution in [1.29, 1.82) is 0 Å². The standard InChI is InChI=1S/C16H17N/c1-16(2,3)14-9-8-12-10-11-6-4-5-7-13(11)15(12)17-14/h4-9H,10H2,1-3H3. The lowest BCUT2D eigenvalue weighted by atomic mass is 9.91. The van der Waals surface area contributed by atoms with E-state index < -0.39 is 0 Å². The lowest BCUT2D eigenvalue weighted by molar-refractivity contribution is 0.569. The molecule has 2 aromatic rings. The Bertz CT molecular complexity index is 576. The van der Waals surface area contributed by atoms with Crippen molar-refractivity contribution >= 4 is 0 Å². The van der Waals surface area contributed by atoms with Crippen LogP contribution in [0.3, 0.4) is 0 Å². The van der Waals surface area contributed by atoms with E-state index >= 15 is 0 Å². The monoisotopic (exact) mass is 223 g/mol. The van der Waals surface area contributed by atoms with Gasteiger partial charge in [-0.25, -0.2) is 0 Å². The Labute approximate surface area is 103 Å². The zero-order valence-electron chi connectivity index (χ0n) is 10.6. The molecule has 0 spiro atoms. The Balaban J connectivity index is 2.18. The molecule has 0 amide bonds. The quantitative estimate of drug-likeness (QED) is 0.562. The van der Waals surface area contributed by atoms with Crippen LogP contribution in [0.4, 0.5) is 0 Å². The average molecular weight is 223 g/mol. The Morgan fingerprint density at radius 2 is 1.71 bits per heavy atom. The maximum Gasteiger partial charge on any atom is 0.0743 e. The number of pyridine rings is 1. The summed E-state index contributed by atoms with van der Waals surface area (Å²) in [6.45, 7) is 6.63. The molecule has 0 radical (unpaired) electrons. The molecule has 0 N–H and O–H groups in total. The zero-order chi connectivity index (χ0) is 12.0. The van der Waals surface area contributed by atoms with Crippen molar-refractivity contribution in [3.05, 3.63) is 53.2 Å². The van der Waals surface area contributed by atoms with Crippen molar-refractivity contribution in [1.82, 2.24) is 4.98 Å². The van der Waals surface area contributed by atoms with Crippen LogP contribution < -0.4 is 0 Å². The molecule has 0 saturated carbocycles. The lowest BCUT2D eigenvalue weighted by Crippen LogP contribution is -2.13. The second kappa shape index (κ2) is 3.43. The highest BCUT2D eigenvalue weighted by molar-refractivity contribution is 5.73. The molecule has 1 aromatic carbocycles. The third kappa shape index (κ3) is 1.66. The fourth-order valence-electron chi connectivity index (χ4n) is 2.39. The summed E-state index contributed by atoms with van der Waals surface area (Å²) in [6, 6.07) is 13.0. The van der Waals surface area contributed by atoms with Gasteiger partial charge in [-0.1, -0.05) is 51.1 Å². The number of aromatic nitrogens is 1. The Morgan fingerprint density at radius 3 is 2.47 bits per heavy atom. The molecule has 0 aliphatic heterocycles. The van der Waals surface area contributed by atoms with Gasteiger partial charge in [0.2, 0.25) is 0 Å². The number of hydrogen-bond donors (Lipinski definition) is 0. The molecule has 86 valence electrons. The summed E-state index contributed by atoms with van der Waals surface area (Å²) in [7, 11) is 0. The van der Waals surface area contributed by atoms with Crippen molar-refractivity contribution in [3.8, 4) is 11.3 Å². The maximum atomic E-state index is 4.87. The Hall–Kier alpha value is -1.63. The van der Waals surface area contributed by atoms with Gasteiger partial charge < -0.3 is 0 Å². The first-order chi connectivity index (χ1) is 8.05. The van der Waals surface area contributed by atoms with Crippen LogP contribution in [0.5, 0.6) is 0 Å². The number of hydrogen-bond acceptors (Lipinski definition) is 1. The third-order valence-electron chi connectivity index (χ3n) is 3.40. The molecule has 17 heavy (non-hydrogen) atoms. The second-order valence-corrected chi connectivity index (χ2v) is 5.79. The summed E-state index contributed by atoms with van der Waals surface area (Å²) < 4.78 is 0. The van der Waals surface area contributed by atoms with E-state index in [4.69, 9.17) is 4.98 Å². The molecular formula is C16H17N. The Morgan fingerprint density at radius 1 is 0.941 bits per heavy atom. The van der Waals surface area contributed by atoms with E-state index in [-0.39, 0.29) is 5.41 Å². The lowest BCUT2D eigenvalue weighted by Gasteiger charge is -2.18. The Kier molecular flexibility index (Phi) is 2.12. The minimum Gasteiger partial charge on any atom is -0.252 e. The zero-order valence-corrected chi connectivity index (χ0v) is 10.6. The highest BCUT2D eigenvalue weighted by Crippen LogP contribution is 2.36. The van der Waals surface area contributed by atoms with Crippen molar-refractivity contribution in [3.63, 3.8) is 0 Å². The van der Waals surface area contributed by atoms with Gasteiger partial charge in [0.1, 0.15) is 0 Å². The van der Waals surface area contributed by atoms with Gasteiger partial charge in [-0.3, -0.25) is 4.98 Å². The van der Waals surface area contributed by atoms with Crippen LogP contribution in [0.25, 0.3) is 11.3 Å². The smallest absolute Gasteiger partial charge is 0.0743 e. The summed E-state index contributed by atoms with van der Waals surface area (Å²) >= 11 is 0. The third-order valence-corrected chi connectivity index (χ3v) is 3.40. The van der Waals surface area contributed by atoms with Gasteiger partial charge in [-0.2, -0.15) is 0 Å². The first-order valence-corrected chi connectivity index (χ1v) is 6.14. The summed E-state index contributed by atoms with van der Waals surface area (Å²) in [6.07, 6.45) is 1.03. The van der Waals surface area contributed by atoms with Gasteiger partial charge in [-0.05, 0) is 17.2 Å². The van der Waals surface area contributed by atoms with E-state index in [1.807, 2.05) is 0 Å². The minimum atomic E-state index is 0.118. The largest absolute Gasteiger partial charge is 0.252 e. The van der Waals surface area contributed by atoms with Crippen LogP contribution in [0.15, 0.2) is 36.4 Å². The average Bonchev–Trinajstić information content (AvgIpc) is 2.65. The summed E-state index contributed by atoms with van der Waals surface area (Å²) in [5.41, 5.74) is 6.56. The molecular weight excluding hydrogens is 206 g/mol. The van der Waals surface area contributed by atoms with Gasteiger partial charge in [0.25, 0.3) is 0 Å². The molecule has 0 fully saturated rings. The van der Waals surface area contributed by atoms with Crippen molar-refractivity contribution < 1.29 is 0 Å². The normalized spacial score (nSPS) is 13.4. The molecule has 0 atom stereocenters. The molecule has 1 nitrogen and oxygen atoms in total. The summed E-state index contributed by atoms with van der Waals surface area (Å²) in [5.74, 6) is 0. The van der Waals surface area contributed by atoms with E-state index in [2.05, 4.69) is 57.2 Å². The molecule has 0 bridgehead atoms. The van der Waals surface area contributed by atoms with Gasteiger partial charge in [0, 0.05) is 23.1 Å². The number of rotatable bonds is 0. The van der Waals surface area contributed by atoms with E-state index in [0.717, 1.165) is 6.42 Å². The van der Waals surface area contributed by atoms with Crippen molar-refractivity contribution in [2.24, 2.45) is 0 Å². The topological polar surface area (TPSA) is 12.9 Å². The highest BCUT2D eigenvalue weighted by Gasteiger charge is 2.22. The van der Waals surface area contributed by atoms with Gasteiger partial charge in [0.15, 0.2) is 0 Å². The van der Waals surface area contributed by atoms with Gasteiger partial charge >= 0.3 is 0 Å². The predicted molar refractivity (Wildman–Crippen MR) is 71.2 cm³/mol. The van der Waals surface area contributed by atoms with E-state index in [9.17, 15) is 0 Å². The number of nitrogens with zero attached hydrogens (tertiary/aromatic N) is 1. The fourth-order valence-corrected chi connectivity index (χ4v) is 2.39. The van der Waals surface area contributed by atoms with E-state index in [0.29, 0.717) is 0 Å². The summed E-state index contributed by atoms with van der Waals surface area (Å²) in [4.78, 5) is 4.87. The van der Waals surface area contributed by atoms with Crippen LogP contribution >= 0.6 is 0 Å². The number of fused-ring (bicyclic) bond motifs is 3. The molecule has 3 rings (SSSR count). The second-order valence-electron chi connectivity index (χ2n) is 5.79. The highest BCUT2D eigenvalue weighted by atomic mass is 14.7. The number of benzene rings is 1. The molecule has 0 unspecified atom stereocenters. The molecule has 1 heteroatoms. The van der Waals surface area contributed by atoms with E-state index in [1.165, 1.54) is 28.1 Å². The SMILES string of the molecule is CC(C)(C)c1ccc2c(n1)-c1ccccc1C2.